The Labute approximate surface area is 145 Å². The third-order valence-electron chi connectivity index (χ3n) is 3.58. The summed E-state index contributed by atoms with van der Waals surface area (Å²) in [7, 11) is 1.64. The van der Waals surface area contributed by atoms with Gasteiger partial charge in [0.25, 0.3) is 0 Å². The highest BCUT2D eigenvalue weighted by molar-refractivity contribution is 7.10. The molecule has 1 N–H and O–H groups in total. The Balaban J connectivity index is 1.58. The van der Waals surface area contributed by atoms with Gasteiger partial charge in [0.15, 0.2) is 0 Å². The number of amides is 1. The van der Waals surface area contributed by atoms with E-state index >= 15 is 0 Å². The lowest BCUT2D eigenvalue weighted by Crippen LogP contribution is -2.24. The predicted octanol–water partition coefficient (Wildman–Crippen LogP) is 3.68. The number of nitrogens with zero attached hydrogens (tertiary/aromatic N) is 1. The first-order valence-corrected chi connectivity index (χ1v) is 8.52. The van der Waals surface area contributed by atoms with Gasteiger partial charge in [0.2, 0.25) is 5.91 Å². The molecule has 1 aromatic heterocycles. The number of nitrogens with one attached hydrogen (secondary N) is 1. The van der Waals surface area contributed by atoms with Gasteiger partial charge in [0.05, 0.1) is 19.2 Å². The number of thiazole rings is 1. The van der Waals surface area contributed by atoms with E-state index in [2.05, 4.69) is 10.3 Å². The van der Waals surface area contributed by atoms with Gasteiger partial charge in [0.1, 0.15) is 10.8 Å². The summed E-state index contributed by atoms with van der Waals surface area (Å²) in [5.41, 5.74) is 2.99. The molecule has 0 radical (unpaired) electrons. The van der Waals surface area contributed by atoms with E-state index < -0.39 is 0 Å². The van der Waals surface area contributed by atoms with Gasteiger partial charge in [-0.05, 0) is 29.8 Å². The van der Waals surface area contributed by atoms with E-state index in [0.29, 0.717) is 13.0 Å². The molecule has 0 aliphatic carbocycles. The minimum absolute atomic E-state index is 0.0190. The van der Waals surface area contributed by atoms with Crippen molar-refractivity contribution in [2.45, 2.75) is 13.0 Å². The van der Waals surface area contributed by atoms with Crippen molar-refractivity contribution >= 4 is 17.2 Å². The second kappa shape index (κ2) is 7.75. The average Bonchev–Trinajstić information content (AvgIpc) is 3.09. The Bertz CT molecular complexity index is 798. The second-order valence-corrected chi connectivity index (χ2v) is 6.24. The fourth-order valence-corrected chi connectivity index (χ4v) is 3.08. The normalized spacial score (nSPS) is 10.4. The lowest BCUT2D eigenvalue weighted by atomic mass is 10.2. The summed E-state index contributed by atoms with van der Waals surface area (Å²) >= 11 is 1.50. The SMILES string of the molecule is COc1ccc(-c2csc(CC(=O)NCc3ccccc3)n2)cc1. The highest BCUT2D eigenvalue weighted by atomic mass is 32.1. The van der Waals surface area contributed by atoms with Crippen LogP contribution in [0.2, 0.25) is 0 Å². The van der Waals surface area contributed by atoms with E-state index in [4.69, 9.17) is 4.74 Å². The molecule has 24 heavy (non-hydrogen) atoms. The first kappa shape index (κ1) is 16.2. The molecular formula is C19H18N2O2S. The molecule has 0 atom stereocenters. The molecule has 3 rings (SSSR count). The highest BCUT2D eigenvalue weighted by Gasteiger charge is 2.09. The summed E-state index contributed by atoms with van der Waals surface area (Å²) < 4.78 is 5.16. The van der Waals surface area contributed by atoms with Crippen molar-refractivity contribution < 1.29 is 9.53 Å². The zero-order valence-corrected chi connectivity index (χ0v) is 14.2. The smallest absolute Gasteiger partial charge is 0.227 e. The number of carbonyl (C=O) groups is 1. The molecule has 0 spiro atoms. The molecule has 3 aromatic rings. The van der Waals surface area contributed by atoms with Crippen LogP contribution in [0.4, 0.5) is 0 Å². The van der Waals surface area contributed by atoms with Crippen molar-refractivity contribution in [3.8, 4) is 17.0 Å². The summed E-state index contributed by atoms with van der Waals surface area (Å²) in [6.07, 6.45) is 0.299. The number of hydrogen-bond donors (Lipinski definition) is 1. The number of hydrogen-bond acceptors (Lipinski definition) is 4. The Kier molecular flexibility index (Phi) is 5.23. The maximum absolute atomic E-state index is 12.1. The Morgan fingerprint density at radius 2 is 1.88 bits per heavy atom. The third-order valence-corrected chi connectivity index (χ3v) is 4.43. The maximum atomic E-state index is 12.1. The van der Waals surface area contributed by atoms with Gasteiger partial charge in [-0.2, -0.15) is 0 Å². The lowest BCUT2D eigenvalue weighted by Gasteiger charge is -2.03. The first-order chi connectivity index (χ1) is 11.7. The Morgan fingerprint density at radius 3 is 2.58 bits per heavy atom. The molecule has 0 aliphatic rings. The van der Waals surface area contributed by atoms with Crippen LogP contribution in [0.25, 0.3) is 11.3 Å². The Hall–Kier alpha value is -2.66. The van der Waals surface area contributed by atoms with Crippen LogP contribution in [0, 0.1) is 0 Å². The first-order valence-electron chi connectivity index (χ1n) is 7.64. The Morgan fingerprint density at radius 1 is 1.12 bits per heavy atom. The number of methoxy groups -OCH3 is 1. The largest absolute Gasteiger partial charge is 0.497 e. The van der Waals surface area contributed by atoms with Crippen LogP contribution in [0.15, 0.2) is 60.0 Å². The van der Waals surface area contributed by atoms with E-state index in [0.717, 1.165) is 27.6 Å². The summed E-state index contributed by atoms with van der Waals surface area (Å²) in [5, 5.41) is 5.71. The zero-order chi connectivity index (χ0) is 16.8. The van der Waals surface area contributed by atoms with E-state index in [1.54, 1.807) is 7.11 Å². The van der Waals surface area contributed by atoms with Gasteiger partial charge >= 0.3 is 0 Å². The molecule has 0 aliphatic heterocycles. The van der Waals surface area contributed by atoms with Gasteiger partial charge < -0.3 is 10.1 Å². The van der Waals surface area contributed by atoms with Gasteiger partial charge in [0, 0.05) is 17.5 Å². The molecule has 0 saturated heterocycles. The molecule has 1 heterocycles. The van der Waals surface area contributed by atoms with Crippen molar-refractivity contribution in [2.75, 3.05) is 7.11 Å². The molecule has 0 fully saturated rings. The van der Waals surface area contributed by atoms with E-state index in [1.807, 2.05) is 60.0 Å². The average molecular weight is 338 g/mol. The number of aromatic nitrogens is 1. The van der Waals surface area contributed by atoms with Crippen LogP contribution >= 0.6 is 11.3 Å². The molecule has 4 nitrogen and oxygen atoms in total. The van der Waals surface area contributed by atoms with Gasteiger partial charge in [-0.25, -0.2) is 4.98 Å². The number of ether oxygens (including phenoxy) is 1. The minimum Gasteiger partial charge on any atom is -0.497 e. The van der Waals surface area contributed by atoms with Crippen molar-refractivity contribution in [3.63, 3.8) is 0 Å². The van der Waals surface area contributed by atoms with Crippen LogP contribution in [-0.4, -0.2) is 18.0 Å². The quantitative estimate of drug-likeness (QED) is 0.746. The van der Waals surface area contributed by atoms with E-state index in [9.17, 15) is 4.79 Å². The van der Waals surface area contributed by atoms with E-state index in [-0.39, 0.29) is 5.91 Å². The van der Waals surface area contributed by atoms with Crippen LogP contribution in [0.1, 0.15) is 10.6 Å². The van der Waals surface area contributed by atoms with Crippen LogP contribution < -0.4 is 10.1 Å². The molecule has 122 valence electrons. The molecule has 5 heteroatoms. The summed E-state index contributed by atoms with van der Waals surface area (Å²) in [4.78, 5) is 16.6. The van der Waals surface area contributed by atoms with Crippen molar-refractivity contribution in [1.29, 1.82) is 0 Å². The molecule has 0 bridgehead atoms. The van der Waals surface area contributed by atoms with Crippen LogP contribution in [-0.2, 0) is 17.8 Å². The van der Waals surface area contributed by atoms with Crippen molar-refractivity contribution in [3.05, 3.63) is 70.5 Å². The summed E-state index contributed by atoms with van der Waals surface area (Å²) in [6.45, 7) is 0.538. The molecular weight excluding hydrogens is 320 g/mol. The lowest BCUT2D eigenvalue weighted by molar-refractivity contribution is -0.120. The van der Waals surface area contributed by atoms with Crippen molar-refractivity contribution in [2.24, 2.45) is 0 Å². The maximum Gasteiger partial charge on any atom is 0.227 e. The second-order valence-electron chi connectivity index (χ2n) is 5.29. The van der Waals surface area contributed by atoms with Gasteiger partial charge in [-0.15, -0.1) is 11.3 Å². The number of carbonyl (C=O) groups excluding carboxylic acids is 1. The van der Waals surface area contributed by atoms with Gasteiger partial charge in [-0.1, -0.05) is 30.3 Å². The number of rotatable bonds is 6. The minimum atomic E-state index is -0.0190. The monoisotopic (exact) mass is 338 g/mol. The molecule has 0 unspecified atom stereocenters. The molecule has 0 saturated carbocycles. The summed E-state index contributed by atoms with van der Waals surface area (Å²) in [6, 6.07) is 17.6. The highest BCUT2D eigenvalue weighted by Crippen LogP contribution is 2.24. The molecule has 1 amide bonds. The van der Waals surface area contributed by atoms with E-state index in [1.165, 1.54) is 11.3 Å². The molecule has 2 aromatic carbocycles. The summed E-state index contributed by atoms with van der Waals surface area (Å²) in [5.74, 6) is 0.795. The van der Waals surface area contributed by atoms with Gasteiger partial charge in [-0.3, -0.25) is 4.79 Å². The fourth-order valence-electron chi connectivity index (χ4n) is 2.28. The third kappa shape index (κ3) is 4.20. The predicted molar refractivity (Wildman–Crippen MR) is 96.1 cm³/mol. The number of benzene rings is 2. The standard InChI is InChI=1S/C19H18N2O2S/c1-23-16-9-7-15(8-10-16)17-13-24-19(21-17)11-18(22)20-12-14-5-3-2-4-6-14/h2-10,13H,11-12H2,1H3,(H,20,22). The zero-order valence-electron chi connectivity index (χ0n) is 13.4. The topological polar surface area (TPSA) is 51.2 Å². The van der Waals surface area contributed by atoms with Crippen LogP contribution in [0.3, 0.4) is 0 Å². The fraction of sp³-hybridized carbons (Fsp3) is 0.158. The van der Waals surface area contributed by atoms with Crippen LogP contribution in [0.5, 0.6) is 5.75 Å². The van der Waals surface area contributed by atoms with Crippen molar-refractivity contribution in [1.82, 2.24) is 10.3 Å².